The van der Waals surface area contributed by atoms with Crippen LogP contribution in [0.2, 0.25) is 0 Å². The summed E-state index contributed by atoms with van der Waals surface area (Å²) in [5, 5.41) is 7.56. The van der Waals surface area contributed by atoms with Gasteiger partial charge in [0.2, 0.25) is 0 Å². The van der Waals surface area contributed by atoms with Gasteiger partial charge in [0, 0.05) is 6.20 Å². The van der Waals surface area contributed by atoms with Crippen LogP contribution in [0, 0.1) is 12.1 Å². The number of pyridine rings is 1. The van der Waals surface area contributed by atoms with E-state index in [1.54, 1.807) is 4.41 Å². The molecule has 0 amide bonds. The fourth-order valence-corrected chi connectivity index (χ4v) is 17.6. The van der Waals surface area contributed by atoms with Crippen LogP contribution in [0.1, 0.15) is 24.0 Å². The number of fused-ring (bicyclic) bond motifs is 9. The van der Waals surface area contributed by atoms with Gasteiger partial charge in [0.1, 0.15) is 0 Å². The zero-order valence-electron chi connectivity index (χ0n) is 25.1. The Morgan fingerprint density at radius 3 is 2.60 bits per heavy atom. The van der Waals surface area contributed by atoms with Crippen LogP contribution < -0.4 is 13.7 Å². The molecule has 0 N–H and O–H groups in total. The Balaban J connectivity index is 0.00000302. The van der Waals surface area contributed by atoms with Gasteiger partial charge in [-0.15, -0.1) is 0 Å². The molecule has 2 aliphatic heterocycles. The van der Waals surface area contributed by atoms with Crippen molar-refractivity contribution in [3.8, 4) is 23.0 Å². The quantitative estimate of drug-likeness (QED) is 0.136. The molecule has 0 fully saturated rings. The summed E-state index contributed by atoms with van der Waals surface area (Å²) in [6.07, 6.45) is 13.2. The van der Waals surface area contributed by atoms with E-state index in [1.807, 2.05) is 53.3 Å². The number of benzene rings is 4. The van der Waals surface area contributed by atoms with Crippen molar-refractivity contribution >= 4 is 55.6 Å². The van der Waals surface area contributed by atoms with Crippen LogP contribution in [0.3, 0.4) is 0 Å². The van der Waals surface area contributed by atoms with Crippen molar-refractivity contribution in [2.45, 2.75) is 12.8 Å². The molecule has 47 heavy (non-hydrogen) atoms. The molecule has 0 radical (unpaired) electrons. The predicted molar refractivity (Wildman–Crippen MR) is 186 cm³/mol. The molecule has 10 rings (SSSR count). The van der Waals surface area contributed by atoms with Crippen molar-refractivity contribution < 1.29 is 25.8 Å². The summed E-state index contributed by atoms with van der Waals surface area (Å²) in [7, 11) is 0. The second kappa shape index (κ2) is 10.9. The molecular weight excluding hydrogens is 820 g/mol. The van der Waals surface area contributed by atoms with Crippen LogP contribution in [0.4, 0.5) is 0 Å². The number of hydrogen-bond donors (Lipinski definition) is 0. The molecule has 1 spiro atoms. The van der Waals surface area contributed by atoms with Gasteiger partial charge in [-0.05, 0) is 18.2 Å². The van der Waals surface area contributed by atoms with Crippen LogP contribution in [-0.4, -0.2) is 32.6 Å². The second-order valence-electron chi connectivity index (χ2n) is 12.0. The van der Waals surface area contributed by atoms with E-state index in [4.69, 9.17) is 9.84 Å². The SMILES string of the molecule is [Pt+2].[c-]1c(Oc2[c-]c3c(cc2)c2ccccc2n3-c2ccccn2)cccc1-n1cc2[c](n1)[Ge]1([CH]=C2)[C]2=C(CCC=C2)c2cccc[c]21. The summed E-state index contributed by atoms with van der Waals surface area (Å²) >= 11 is -3.00. The average molecular weight is 846 g/mol. The molecule has 7 aromatic rings. The predicted octanol–water partition coefficient (Wildman–Crippen LogP) is 7.54. The van der Waals surface area contributed by atoms with Crippen LogP contribution in [0.15, 0.2) is 131 Å². The van der Waals surface area contributed by atoms with Crippen LogP contribution >= 0.6 is 0 Å². The number of para-hydroxylation sites is 1. The van der Waals surface area contributed by atoms with Crippen molar-refractivity contribution in [3.63, 3.8) is 0 Å². The van der Waals surface area contributed by atoms with Gasteiger partial charge < -0.3 is 0 Å². The zero-order valence-corrected chi connectivity index (χ0v) is 29.5. The monoisotopic (exact) mass is 847 g/mol. The van der Waals surface area contributed by atoms with Crippen LogP contribution in [-0.2, 0) is 21.1 Å². The van der Waals surface area contributed by atoms with E-state index in [0.717, 1.165) is 46.2 Å². The Kier molecular flexibility index (Phi) is 6.63. The third-order valence-corrected chi connectivity index (χ3v) is 18.8. The Morgan fingerprint density at radius 2 is 1.66 bits per heavy atom. The van der Waals surface area contributed by atoms with Crippen molar-refractivity contribution in [1.29, 1.82) is 0 Å². The standard InChI is InChI=1S/C40H26GeN4O.Pt/c1-4-15-35-31(12-1)32-13-2-5-16-36(32)41(35)22-21-27-26-44(43-40(27)41)28-10-9-11-29(24-28)46-30-19-20-34-33-14-3-6-17-37(33)45(38(34)25-30)39-18-7-8-23-42-39;/h1,3-12,14-23,26H,2,13H2;/q-2;+2. The number of aromatic nitrogens is 4. The first-order valence-corrected chi connectivity index (χ1v) is 20.0. The molecule has 0 saturated heterocycles. The summed E-state index contributed by atoms with van der Waals surface area (Å²) in [4.78, 5) is 7.17. The van der Waals surface area contributed by atoms with Gasteiger partial charge in [-0.3, -0.25) is 0 Å². The molecule has 0 saturated carbocycles. The van der Waals surface area contributed by atoms with Gasteiger partial charge in [-0.1, -0.05) is 24.3 Å². The summed E-state index contributed by atoms with van der Waals surface area (Å²) in [5.41, 5.74) is 7.03. The van der Waals surface area contributed by atoms with E-state index >= 15 is 0 Å². The summed E-state index contributed by atoms with van der Waals surface area (Å²) in [5.74, 6) is 2.07. The van der Waals surface area contributed by atoms with Crippen molar-refractivity contribution in [2.75, 3.05) is 0 Å². The minimum atomic E-state index is -3.00. The van der Waals surface area contributed by atoms with Crippen LogP contribution in [0.5, 0.6) is 11.5 Å². The van der Waals surface area contributed by atoms with Gasteiger partial charge >= 0.3 is 237 Å². The Morgan fingerprint density at radius 1 is 0.787 bits per heavy atom. The molecule has 3 aliphatic rings. The normalized spacial score (nSPS) is 17.3. The topological polar surface area (TPSA) is 44.9 Å². The maximum absolute atomic E-state index is 6.42. The Labute approximate surface area is 289 Å². The van der Waals surface area contributed by atoms with Crippen molar-refractivity contribution in [1.82, 2.24) is 19.3 Å². The van der Waals surface area contributed by atoms with E-state index in [2.05, 4.69) is 106 Å². The number of nitrogens with zero attached hydrogens (tertiary/aromatic N) is 4. The number of ether oxygens (including phenoxy) is 1. The average Bonchev–Trinajstić information content (AvgIpc) is 3.85. The fourth-order valence-electron chi connectivity index (χ4n) is 7.62. The van der Waals surface area contributed by atoms with Gasteiger partial charge in [0.05, 0.1) is 0 Å². The first-order chi connectivity index (χ1) is 22.8. The third-order valence-electron chi connectivity index (χ3n) is 9.56. The van der Waals surface area contributed by atoms with E-state index in [1.165, 1.54) is 25.6 Å². The first-order valence-electron chi connectivity index (χ1n) is 15.6. The molecule has 3 aromatic heterocycles. The van der Waals surface area contributed by atoms with Gasteiger partial charge in [0.25, 0.3) is 0 Å². The molecule has 5 heterocycles. The Hall–Kier alpha value is -4.71. The molecule has 4 aromatic carbocycles. The van der Waals surface area contributed by atoms with E-state index < -0.39 is 13.3 Å². The number of allylic oxidation sites excluding steroid dienone is 4. The minimum absolute atomic E-state index is 0. The van der Waals surface area contributed by atoms with Gasteiger partial charge in [-0.25, -0.2) is 4.98 Å². The molecule has 7 heteroatoms. The maximum atomic E-state index is 6.42. The number of hydrogen-bond acceptors (Lipinski definition) is 3. The molecule has 226 valence electrons. The van der Waals surface area contributed by atoms with E-state index in [-0.39, 0.29) is 21.1 Å². The first kappa shape index (κ1) is 28.5. The summed E-state index contributed by atoms with van der Waals surface area (Å²) < 4.78 is 14.8. The summed E-state index contributed by atoms with van der Waals surface area (Å²) in [6, 6.07) is 40.4. The molecule has 1 atom stereocenters. The third kappa shape index (κ3) is 4.19. The van der Waals surface area contributed by atoms with Gasteiger partial charge in [-0.2, -0.15) is 0 Å². The number of rotatable bonds is 4. The van der Waals surface area contributed by atoms with Crippen LogP contribution in [0.25, 0.3) is 45.0 Å². The molecule has 5 nitrogen and oxygen atoms in total. The fraction of sp³-hybridized carbons (Fsp3) is 0.0500. The second-order valence-corrected chi connectivity index (χ2v) is 19.4. The van der Waals surface area contributed by atoms with E-state index in [0.29, 0.717) is 11.5 Å². The molecule has 1 aliphatic carbocycles. The molecular formula is C40H26GeN4OPt. The zero-order chi connectivity index (χ0) is 30.2. The molecule has 1 unspecified atom stereocenters. The van der Waals surface area contributed by atoms with Crippen molar-refractivity contribution in [2.24, 2.45) is 0 Å². The summed E-state index contributed by atoms with van der Waals surface area (Å²) in [6.45, 7) is 0. The Bertz CT molecular complexity index is 2470. The molecule has 0 bridgehead atoms. The van der Waals surface area contributed by atoms with E-state index in [9.17, 15) is 0 Å². The van der Waals surface area contributed by atoms with Gasteiger partial charge in [0.15, 0.2) is 0 Å². The van der Waals surface area contributed by atoms with Crippen molar-refractivity contribution in [3.05, 3.63) is 154 Å².